The van der Waals surface area contributed by atoms with Gasteiger partial charge in [0.1, 0.15) is 5.75 Å². The lowest BCUT2D eigenvalue weighted by Gasteiger charge is -2.20. The average molecular weight is 404 g/mol. The van der Waals surface area contributed by atoms with Crippen molar-refractivity contribution in [3.63, 3.8) is 0 Å². The van der Waals surface area contributed by atoms with E-state index in [1.165, 1.54) is 11.1 Å². The zero-order valence-corrected chi connectivity index (χ0v) is 17.4. The summed E-state index contributed by atoms with van der Waals surface area (Å²) in [6.07, 6.45) is 0. The molecule has 25 heavy (non-hydrogen) atoms. The average Bonchev–Trinajstić information content (AvgIpc) is 2.48. The second-order valence-electron chi connectivity index (χ2n) is 7.51. The number of hydrogen-bond acceptors (Lipinski definition) is 2. The predicted molar refractivity (Wildman–Crippen MR) is 108 cm³/mol. The highest BCUT2D eigenvalue weighted by atomic mass is 79.9. The van der Waals surface area contributed by atoms with Crippen LogP contribution in [-0.2, 0) is 10.2 Å². The van der Waals surface area contributed by atoms with Crippen molar-refractivity contribution in [2.75, 3.05) is 11.9 Å². The van der Waals surface area contributed by atoms with E-state index in [1.807, 2.05) is 39.0 Å². The largest absolute Gasteiger partial charge is 0.483 e. The zero-order chi connectivity index (χ0) is 18.8. The number of carbonyl (C=O) groups is 1. The third-order valence-corrected chi connectivity index (χ3v) is 4.72. The highest BCUT2D eigenvalue weighted by molar-refractivity contribution is 9.10. The number of hydrogen-bond donors (Lipinski definition) is 1. The molecular weight excluding hydrogens is 378 g/mol. The third kappa shape index (κ3) is 5.08. The second kappa shape index (κ2) is 7.61. The number of rotatable bonds is 4. The molecule has 0 radical (unpaired) electrons. The van der Waals surface area contributed by atoms with Crippen LogP contribution in [0.1, 0.15) is 43.0 Å². The van der Waals surface area contributed by atoms with Gasteiger partial charge in [0.25, 0.3) is 5.91 Å². The lowest BCUT2D eigenvalue weighted by atomic mass is 9.87. The van der Waals surface area contributed by atoms with Gasteiger partial charge in [0, 0.05) is 5.69 Å². The van der Waals surface area contributed by atoms with Crippen molar-refractivity contribution in [1.29, 1.82) is 0 Å². The Kier molecular flexibility index (Phi) is 5.94. The molecule has 0 aromatic heterocycles. The number of carbonyl (C=O) groups excluding carboxylic acids is 1. The molecule has 134 valence electrons. The van der Waals surface area contributed by atoms with Crippen LogP contribution < -0.4 is 10.1 Å². The molecule has 0 aliphatic carbocycles. The van der Waals surface area contributed by atoms with Crippen molar-refractivity contribution in [3.8, 4) is 5.75 Å². The maximum absolute atomic E-state index is 12.3. The van der Waals surface area contributed by atoms with E-state index in [0.717, 1.165) is 21.3 Å². The number of ether oxygens (including phenoxy) is 1. The van der Waals surface area contributed by atoms with Crippen LogP contribution in [0.2, 0.25) is 0 Å². The molecule has 0 bridgehead atoms. The molecule has 0 atom stereocenters. The quantitative estimate of drug-likeness (QED) is 0.711. The number of amides is 1. The number of halogens is 1. The van der Waals surface area contributed by atoms with Gasteiger partial charge in [0.05, 0.1) is 4.47 Å². The highest BCUT2D eigenvalue weighted by Crippen LogP contribution is 2.31. The molecule has 0 saturated heterocycles. The first-order valence-corrected chi connectivity index (χ1v) is 9.18. The molecular formula is C21H26BrNO2. The van der Waals surface area contributed by atoms with Gasteiger partial charge in [0.15, 0.2) is 6.61 Å². The summed E-state index contributed by atoms with van der Waals surface area (Å²) in [5, 5.41) is 2.95. The first kappa shape index (κ1) is 19.5. The van der Waals surface area contributed by atoms with Gasteiger partial charge in [-0.1, -0.05) is 44.5 Å². The summed E-state index contributed by atoms with van der Waals surface area (Å²) in [7, 11) is 0. The SMILES string of the molecule is Cc1cc(C)c(NC(=O)COc2ccc(C(C)(C)C)cc2Br)c(C)c1. The summed E-state index contributed by atoms with van der Waals surface area (Å²) in [6.45, 7) is 12.5. The Labute approximate surface area is 158 Å². The van der Waals surface area contributed by atoms with E-state index in [0.29, 0.717) is 5.75 Å². The summed E-state index contributed by atoms with van der Waals surface area (Å²) in [4.78, 5) is 12.3. The Morgan fingerprint density at radius 2 is 1.68 bits per heavy atom. The molecule has 0 saturated carbocycles. The van der Waals surface area contributed by atoms with Crippen LogP contribution >= 0.6 is 15.9 Å². The minimum absolute atomic E-state index is 0.0276. The smallest absolute Gasteiger partial charge is 0.262 e. The molecule has 0 fully saturated rings. The molecule has 0 aliphatic rings. The van der Waals surface area contributed by atoms with Crippen molar-refractivity contribution in [3.05, 3.63) is 57.1 Å². The molecule has 0 aliphatic heterocycles. The van der Waals surface area contributed by atoms with E-state index in [2.05, 4.69) is 54.2 Å². The maximum atomic E-state index is 12.3. The van der Waals surface area contributed by atoms with Crippen molar-refractivity contribution >= 4 is 27.5 Å². The number of aryl methyl sites for hydroxylation is 3. The first-order chi connectivity index (χ1) is 11.6. The van der Waals surface area contributed by atoms with Gasteiger partial charge < -0.3 is 10.1 Å². The molecule has 0 unspecified atom stereocenters. The fourth-order valence-corrected chi connectivity index (χ4v) is 3.27. The fraction of sp³-hybridized carbons (Fsp3) is 0.381. The Balaban J connectivity index is 2.04. The van der Waals surface area contributed by atoms with E-state index in [-0.39, 0.29) is 17.9 Å². The zero-order valence-electron chi connectivity index (χ0n) is 15.8. The highest BCUT2D eigenvalue weighted by Gasteiger charge is 2.16. The van der Waals surface area contributed by atoms with E-state index >= 15 is 0 Å². The maximum Gasteiger partial charge on any atom is 0.262 e. The molecule has 4 heteroatoms. The van der Waals surface area contributed by atoms with Crippen molar-refractivity contribution in [1.82, 2.24) is 0 Å². The normalized spacial score (nSPS) is 11.3. The van der Waals surface area contributed by atoms with Crippen LogP contribution in [0.4, 0.5) is 5.69 Å². The topological polar surface area (TPSA) is 38.3 Å². The number of nitrogens with one attached hydrogen (secondary N) is 1. The van der Waals surface area contributed by atoms with Crippen molar-refractivity contribution < 1.29 is 9.53 Å². The van der Waals surface area contributed by atoms with E-state index in [9.17, 15) is 4.79 Å². The van der Waals surface area contributed by atoms with Gasteiger partial charge in [-0.2, -0.15) is 0 Å². The summed E-state index contributed by atoms with van der Waals surface area (Å²) in [5.41, 5.74) is 5.44. The first-order valence-electron chi connectivity index (χ1n) is 8.38. The lowest BCUT2D eigenvalue weighted by molar-refractivity contribution is -0.118. The van der Waals surface area contributed by atoms with Gasteiger partial charge in [-0.3, -0.25) is 4.79 Å². The summed E-state index contributed by atoms with van der Waals surface area (Å²) < 4.78 is 6.54. The minimum Gasteiger partial charge on any atom is -0.483 e. The summed E-state index contributed by atoms with van der Waals surface area (Å²) >= 11 is 3.53. The van der Waals surface area contributed by atoms with Crippen LogP contribution in [0.25, 0.3) is 0 Å². The summed E-state index contributed by atoms with van der Waals surface area (Å²) in [6, 6.07) is 10.1. The van der Waals surface area contributed by atoms with Gasteiger partial charge >= 0.3 is 0 Å². The van der Waals surface area contributed by atoms with Gasteiger partial charge in [-0.05, 0) is 70.9 Å². The molecule has 2 aromatic carbocycles. The predicted octanol–water partition coefficient (Wildman–Crippen LogP) is 5.69. The van der Waals surface area contributed by atoms with Crippen LogP contribution in [0.3, 0.4) is 0 Å². The molecule has 1 N–H and O–H groups in total. The third-order valence-electron chi connectivity index (χ3n) is 4.10. The fourth-order valence-electron chi connectivity index (χ4n) is 2.78. The molecule has 0 spiro atoms. The number of benzene rings is 2. The second-order valence-corrected chi connectivity index (χ2v) is 8.36. The minimum atomic E-state index is -0.165. The van der Waals surface area contributed by atoms with Crippen LogP contribution in [0, 0.1) is 20.8 Å². The van der Waals surface area contributed by atoms with E-state index < -0.39 is 0 Å². The van der Waals surface area contributed by atoms with Gasteiger partial charge in [0.2, 0.25) is 0 Å². The Bertz CT molecular complexity index is 768. The Morgan fingerprint density at radius 3 is 2.20 bits per heavy atom. The van der Waals surface area contributed by atoms with Crippen LogP contribution in [-0.4, -0.2) is 12.5 Å². The lowest BCUT2D eigenvalue weighted by Crippen LogP contribution is -2.21. The Morgan fingerprint density at radius 1 is 1.08 bits per heavy atom. The summed E-state index contributed by atoms with van der Waals surface area (Å²) in [5.74, 6) is 0.502. The van der Waals surface area contributed by atoms with Crippen molar-refractivity contribution in [2.24, 2.45) is 0 Å². The molecule has 1 amide bonds. The molecule has 2 rings (SSSR count). The van der Waals surface area contributed by atoms with E-state index in [1.54, 1.807) is 0 Å². The molecule has 0 heterocycles. The van der Waals surface area contributed by atoms with Crippen LogP contribution in [0.15, 0.2) is 34.8 Å². The molecule has 2 aromatic rings. The van der Waals surface area contributed by atoms with E-state index in [4.69, 9.17) is 4.74 Å². The monoisotopic (exact) mass is 403 g/mol. The van der Waals surface area contributed by atoms with Crippen molar-refractivity contribution in [2.45, 2.75) is 47.0 Å². The Hall–Kier alpha value is -1.81. The van der Waals surface area contributed by atoms with Gasteiger partial charge in [-0.25, -0.2) is 0 Å². The van der Waals surface area contributed by atoms with Gasteiger partial charge in [-0.15, -0.1) is 0 Å². The standard InChI is InChI=1S/C21H26BrNO2/c1-13-9-14(2)20(15(3)10-13)23-19(24)12-25-18-8-7-16(11-17(18)22)21(4,5)6/h7-11H,12H2,1-6H3,(H,23,24). The number of anilines is 1. The molecule has 3 nitrogen and oxygen atoms in total. The van der Waals surface area contributed by atoms with Crippen LogP contribution in [0.5, 0.6) is 5.75 Å².